The number of hydrogen-bond donors (Lipinski definition) is 0. The van der Waals surface area contributed by atoms with E-state index in [4.69, 9.17) is 4.74 Å². The van der Waals surface area contributed by atoms with E-state index in [2.05, 4.69) is 6.92 Å². The van der Waals surface area contributed by atoms with Gasteiger partial charge in [-0.3, -0.25) is 0 Å². The Balaban J connectivity index is 0.00000261. The van der Waals surface area contributed by atoms with E-state index in [1.54, 1.807) is 6.07 Å². The van der Waals surface area contributed by atoms with Crippen molar-refractivity contribution in [2.75, 3.05) is 0 Å². The smallest absolute Gasteiger partial charge is 0.347 e. The van der Waals surface area contributed by atoms with Crippen molar-refractivity contribution in [3.8, 4) is 5.75 Å². The summed E-state index contributed by atoms with van der Waals surface area (Å²) in [6, 6.07) is 5.40. The van der Waals surface area contributed by atoms with Gasteiger partial charge in [-0.05, 0) is 42.4 Å². The molecule has 1 radical (unpaired) electrons. The van der Waals surface area contributed by atoms with Gasteiger partial charge < -0.3 is 4.74 Å². The third-order valence-corrected chi connectivity index (χ3v) is 4.74. The maximum absolute atomic E-state index is 14.4. The normalized spacial score (nSPS) is 19.3. The first-order chi connectivity index (χ1) is 12.3. The fraction of sp³-hybridized carbons (Fsp3) is 0.350. The summed E-state index contributed by atoms with van der Waals surface area (Å²) < 4.78 is 59.6. The molecule has 0 heterocycles. The predicted octanol–water partition coefficient (Wildman–Crippen LogP) is 5.55. The topological polar surface area (TPSA) is 26.3 Å². The van der Waals surface area contributed by atoms with Crippen LogP contribution in [0.4, 0.5) is 17.6 Å². The Labute approximate surface area is 180 Å². The van der Waals surface area contributed by atoms with Crippen molar-refractivity contribution < 1.29 is 59.8 Å². The Bertz CT molecular complexity index is 789. The van der Waals surface area contributed by atoms with Crippen molar-refractivity contribution in [2.24, 2.45) is 5.92 Å². The molecule has 3 rings (SSSR count). The number of ether oxygens (including phenoxy) is 1. The molecule has 1 aliphatic rings. The third kappa shape index (κ3) is 5.38. The molecule has 0 spiro atoms. The van der Waals surface area contributed by atoms with Crippen LogP contribution in [-0.4, -0.2) is 5.97 Å². The van der Waals surface area contributed by atoms with Crippen molar-refractivity contribution in [1.82, 2.24) is 0 Å². The van der Waals surface area contributed by atoms with E-state index < -0.39 is 40.6 Å². The molecule has 0 aromatic heterocycles. The summed E-state index contributed by atoms with van der Waals surface area (Å²) in [4.78, 5) is 12.1. The van der Waals surface area contributed by atoms with Crippen LogP contribution in [0.2, 0.25) is 0 Å². The van der Waals surface area contributed by atoms with Crippen molar-refractivity contribution in [3.63, 3.8) is 0 Å². The second-order valence-electron chi connectivity index (χ2n) is 6.72. The van der Waals surface area contributed by atoms with Crippen LogP contribution < -0.4 is 4.74 Å². The summed E-state index contributed by atoms with van der Waals surface area (Å²) in [7, 11) is 0. The van der Waals surface area contributed by atoms with Crippen LogP contribution in [-0.2, 0) is 32.7 Å². The first-order valence-electron chi connectivity index (χ1n) is 8.43. The number of esters is 1. The van der Waals surface area contributed by atoms with Crippen LogP contribution in [0.1, 0.15) is 54.4 Å². The van der Waals surface area contributed by atoms with Gasteiger partial charge in [0.25, 0.3) is 0 Å². The van der Waals surface area contributed by atoms with Gasteiger partial charge in [0.1, 0.15) is 17.2 Å². The molecule has 1 aliphatic carbocycles. The summed E-state index contributed by atoms with van der Waals surface area (Å²) in [6.45, 7) is 2.14. The third-order valence-electron chi connectivity index (χ3n) is 4.74. The van der Waals surface area contributed by atoms with Gasteiger partial charge in [-0.2, -0.15) is 0 Å². The molecule has 7 heteroatoms. The summed E-state index contributed by atoms with van der Waals surface area (Å²) in [6.07, 6.45) is 3.64. The van der Waals surface area contributed by atoms with Gasteiger partial charge in [0.15, 0.2) is 0 Å². The number of hydrogen-bond acceptors (Lipinski definition) is 2. The molecule has 2 aromatic carbocycles. The average molecular weight is 454 g/mol. The van der Waals surface area contributed by atoms with Gasteiger partial charge in [0, 0.05) is 50.1 Å². The Hall–Kier alpha value is -1.27. The quantitative estimate of drug-likeness (QED) is 0.263. The van der Waals surface area contributed by atoms with Crippen LogP contribution in [0.5, 0.6) is 5.75 Å². The van der Waals surface area contributed by atoms with E-state index in [1.807, 2.05) is 0 Å². The first-order valence-corrected chi connectivity index (χ1v) is 8.43. The minimum atomic E-state index is -1.35. The first kappa shape index (κ1) is 22.0. The molecule has 1 fully saturated rings. The van der Waals surface area contributed by atoms with E-state index in [0.29, 0.717) is 23.6 Å². The molecule has 1 saturated carbocycles. The van der Waals surface area contributed by atoms with Crippen LogP contribution in [0.15, 0.2) is 24.3 Å². The Morgan fingerprint density at radius 1 is 0.963 bits per heavy atom. The van der Waals surface area contributed by atoms with E-state index >= 15 is 0 Å². The van der Waals surface area contributed by atoms with Gasteiger partial charge in [-0.15, -0.1) is 6.07 Å². The minimum absolute atomic E-state index is 0. The van der Waals surface area contributed by atoms with E-state index in [1.165, 1.54) is 0 Å². The second kappa shape index (κ2) is 9.29. The van der Waals surface area contributed by atoms with Crippen molar-refractivity contribution in [1.29, 1.82) is 0 Å². The standard InChI is InChI=1S/C20H17F4O2.Y/c1-11-2-4-12(5-3-11)13-6-17(23)19(18(24)7-13)20(25)26-16-9-14(21)8-15(22)10-16;/h6-7,9-12H,2-5H2,1H3;/q-1;. The monoisotopic (exact) mass is 454 g/mol. The Kier molecular flexibility index (Phi) is 7.58. The summed E-state index contributed by atoms with van der Waals surface area (Å²) in [5.41, 5.74) is -0.374. The molecular formula is C20H17F4O2Y-. The fourth-order valence-electron chi connectivity index (χ4n) is 3.31. The molecule has 0 amide bonds. The van der Waals surface area contributed by atoms with Crippen molar-refractivity contribution in [2.45, 2.75) is 38.5 Å². The molecule has 2 nitrogen and oxygen atoms in total. The van der Waals surface area contributed by atoms with E-state index in [-0.39, 0.29) is 38.6 Å². The number of rotatable bonds is 3. The number of carbonyl (C=O) groups is 1. The van der Waals surface area contributed by atoms with Gasteiger partial charge >= 0.3 is 5.97 Å². The Morgan fingerprint density at radius 3 is 2.00 bits per heavy atom. The molecule has 0 aliphatic heterocycles. The molecule has 0 N–H and O–H groups in total. The maximum Gasteiger partial charge on any atom is 0.347 e. The zero-order valence-electron chi connectivity index (χ0n) is 14.7. The number of halogens is 4. The number of benzene rings is 2. The molecular weight excluding hydrogens is 437 g/mol. The maximum atomic E-state index is 14.4. The van der Waals surface area contributed by atoms with Crippen molar-refractivity contribution >= 4 is 5.97 Å². The largest absolute Gasteiger partial charge is 0.449 e. The van der Waals surface area contributed by atoms with Crippen LogP contribution >= 0.6 is 0 Å². The molecule has 2 aromatic rings. The number of carbonyl (C=O) groups excluding carboxylic acids is 1. The fourth-order valence-corrected chi connectivity index (χ4v) is 3.31. The molecule has 0 bridgehead atoms. The minimum Gasteiger partial charge on any atom is -0.449 e. The molecule has 141 valence electrons. The molecule has 0 unspecified atom stereocenters. The van der Waals surface area contributed by atoms with Crippen LogP contribution in [0.3, 0.4) is 0 Å². The second-order valence-corrected chi connectivity index (χ2v) is 6.72. The van der Waals surface area contributed by atoms with Gasteiger partial charge in [-0.25, -0.2) is 22.4 Å². The summed E-state index contributed by atoms with van der Waals surface area (Å²) in [5.74, 6) is -5.47. The zero-order valence-corrected chi connectivity index (χ0v) is 17.5. The zero-order chi connectivity index (χ0) is 18.8. The van der Waals surface area contributed by atoms with Crippen LogP contribution in [0, 0.1) is 35.3 Å². The van der Waals surface area contributed by atoms with Gasteiger partial charge in [-0.1, -0.05) is 31.9 Å². The summed E-state index contributed by atoms with van der Waals surface area (Å²) >= 11 is 0. The predicted molar refractivity (Wildman–Crippen MR) is 86.9 cm³/mol. The van der Waals surface area contributed by atoms with Crippen LogP contribution in [0.25, 0.3) is 0 Å². The molecule has 0 atom stereocenters. The summed E-state index contributed by atoms with van der Waals surface area (Å²) in [5, 5.41) is 0. The van der Waals surface area contributed by atoms with Crippen molar-refractivity contribution in [3.05, 3.63) is 64.7 Å². The van der Waals surface area contributed by atoms with E-state index in [0.717, 1.165) is 37.8 Å². The Morgan fingerprint density at radius 2 is 1.48 bits per heavy atom. The van der Waals surface area contributed by atoms with E-state index in [9.17, 15) is 22.4 Å². The molecule has 0 saturated heterocycles. The molecule has 27 heavy (non-hydrogen) atoms. The SMILES string of the molecule is CC1CCC(c2cc(F)c(C(=O)Oc3cc(F)[c-]c(F)c3)c(F)c2)CC1.[Y]. The van der Waals surface area contributed by atoms with Gasteiger partial charge in [0.05, 0.1) is 0 Å². The van der Waals surface area contributed by atoms with Gasteiger partial charge in [0.2, 0.25) is 0 Å². The average Bonchev–Trinajstić information content (AvgIpc) is 2.53.